The smallest absolute Gasteiger partial charge is 0.408 e. The van der Waals surface area contributed by atoms with E-state index >= 15 is 0 Å². The van der Waals surface area contributed by atoms with E-state index in [1.165, 1.54) is 6.26 Å². The third kappa shape index (κ3) is 6.20. The van der Waals surface area contributed by atoms with E-state index in [-0.39, 0.29) is 11.0 Å². The highest BCUT2D eigenvalue weighted by Gasteiger charge is 2.25. The van der Waals surface area contributed by atoms with Gasteiger partial charge in [0.2, 0.25) is 0 Å². The summed E-state index contributed by atoms with van der Waals surface area (Å²) in [5, 5.41) is 6.11. The third-order valence-corrected chi connectivity index (χ3v) is 6.38. The fourth-order valence-corrected chi connectivity index (χ4v) is 4.04. The second-order valence-electron chi connectivity index (χ2n) is 8.82. The van der Waals surface area contributed by atoms with Gasteiger partial charge in [-0.05, 0) is 69.5 Å². The molecule has 1 heterocycles. The van der Waals surface area contributed by atoms with Crippen LogP contribution in [0.3, 0.4) is 0 Å². The molecule has 0 aliphatic carbocycles. The Morgan fingerprint density at radius 3 is 2.47 bits per heavy atom. The first-order chi connectivity index (χ1) is 14.8. The van der Waals surface area contributed by atoms with E-state index in [4.69, 9.17) is 21.7 Å². The predicted molar refractivity (Wildman–Crippen MR) is 128 cm³/mol. The third-order valence-electron chi connectivity index (χ3n) is 4.82. The number of alkyl carbamates (subject to hydrolysis) is 1. The highest BCUT2D eigenvalue weighted by Crippen LogP contribution is 2.33. The average Bonchev–Trinajstić information content (AvgIpc) is 2.66. The molecule has 0 saturated carbocycles. The van der Waals surface area contributed by atoms with Crippen molar-refractivity contribution in [3.63, 3.8) is 0 Å². The van der Waals surface area contributed by atoms with Crippen LogP contribution >= 0.6 is 12.2 Å². The number of hydrogen-bond donors (Lipinski definition) is 2. The molecule has 0 radical (unpaired) electrons. The van der Waals surface area contributed by atoms with E-state index in [9.17, 15) is 13.2 Å². The molecule has 2 unspecified atom stereocenters. The van der Waals surface area contributed by atoms with E-state index in [1.54, 1.807) is 45.0 Å². The zero-order valence-corrected chi connectivity index (χ0v) is 20.4. The minimum atomic E-state index is -3.28. The van der Waals surface area contributed by atoms with Gasteiger partial charge < -0.3 is 20.1 Å². The molecular formula is C23H28N2O5S2. The van der Waals surface area contributed by atoms with Crippen molar-refractivity contribution in [3.8, 4) is 5.75 Å². The van der Waals surface area contributed by atoms with E-state index < -0.39 is 27.6 Å². The zero-order valence-electron chi connectivity index (χ0n) is 18.8. The molecule has 172 valence electrons. The maximum atomic E-state index is 12.5. The first-order valence-electron chi connectivity index (χ1n) is 10.2. The Balaban J connectivity index is 1.90. The van der Waals surface area contributed by atoms with Gasteiger partial charge in [-0.25, -0.2) is 13.2 Å². The summed E-state index contributed by atoms with van der Waals surface area (Å²) < 4.78 is 34.8. The molecule has 2 atom stereocenters. The summed E-state index contributed by atoms with van der Waals surface area (Å²) >= 11 is 5.32. The van der Waals surface area contributed by atoms with Crippen LogP contribution in [0.15, 0.2) is 47.4 Å². The minimum Gasteiger partial charge on any atom is -0.481 e. The van der Waals surface area contributed by atoms with E-state index in [1.807, 2.05) is 25.1 Å². The van der Waals surface area contributed by atoms with Crippen LogP contribution in [-0.2, 0) is 21.0 Å². The van der Waals surface area contributed by atoms with Gasteiger partial charge in [0.15, 0.2) is 9.84 Å². The summed E-state index contributed by atoms with van der Waals surface area (Å²) in [4.78, 5) is 13.4. The number of ether oxygens (including phenoxy) is 2. The highest BCUT2D eigenvalue weighted by atomic mass is 32.2. The number of nitrogens with one attached hydrogen (secondary N) is 2. The van der Waals surface area contributed by atoms with Gasteiger partial charge in [-0.2, -0.15) is 0 Å². The summed E-state index contributed by atoms with van der Waals surface area (Å²) in [5.41, 5.74) is 1.79. The van der Waals surface area contributed by atoms with Crippen LogP contribution in [0.4, 0.5) is 10.5 Å². The second kappa shape index (κ2) is 9.07. The highest BCUT2D eigenvalue weighted by molar-refractivity contribution is 7.90. The van der Waals surface area contributed by atoms with Crippen molar-refractivity contribution in [2.24, 2.45) is 0 Å². The molecule has 1 amide bonds. The zero-order chi connectivity index (χ0) is 23.7. The number of sulfone groups is 1. The summed E-state index contributed by atoms with van der Waals surface area (Å²) in [5.74, 6) is 0.684. The summed E-state index contributed by atoms with van der Waals surface area (Å²) in [6.45, 7) is 7.27. The number of carbonyl (C=O) groups excluding carboxylic acids is 1. The molecule has 9 heteroatoms. The Morgan fingerprint density at radius 2 is 1.88 bits per heavy atom. The number of benzene rings is 2. The molecule has 2 N–H and O–H groups in total. The van der Waals surface area contributed by atoms with Crippen LogP contribution in [0, 0.1) is 0 Å². The van der Waals surface area contributed by atoms with E-state index in [0.717, 1.165) is 16.8 Å². The van der Waals surface area contributed by atoms with Crippen molar-refractivity contribution in [3.05, 3.63) is 53.6 Å². The van der Waals surface area contributed by atoms with Crippen molar-refractivity contribution < 1.29 is 22.7 Å². The van der Waals surface area contributed by atoms with Crippen LogP contribution in [0.2, 0.25) is 0 Å². The van der Waals surface area contributed by atoms with Crippen LogP contribution in [0.5, 0.6) is 5.75 Å². The molecule has 0 aromatic heterocycles. The first-order valence-corrected chi connectivity index (χ1v) is 12.5. The Labute approximate surface area is 194 Å². The van der Waals surface area contributed by atoms with E-state index in [2.05, 4.69) is 10.6 Å². The van der Waals surface area contributed by atoms with Crippen LogP contribution in [0.25, 0.3) is 0 Å². The van der Waals surface area contributed by atoms with Crippen LogP contribution in [0.1, 0.15) is 44.9 Å². The lowest BCUT2D eigenvalue weighted by molar-refractivity contribution is 0.0503. The normalized spacial score (nSPS) is 16.9. The van der Waals surface area contributed by atoms with Gasteiger partial charge in [0, 0.05) is 6.26 Å². The number of carbonyl (C=O) groups is 1. The molecule has 2 aromatic rings. The van der Waals surface area contributed by atoms with Crippen molar-refractivity contribution in [2.75, 3.05) is 11.6 Å². The molecule has 0 fully saturated rings. The number of rotatable bonds is 5. The topological polar surface area (TPSA) is 93.7 Å². The summed E-state index contributed by atoms with van der Waals surface area (Å²) in [6.07, 6.45) is 0.847. The minimum absolute atomic E-state index is 0.215. The van der Waals surface area contributed by atoms with Gasteiger partial charge in [0.25, 0.3) is 0 Å². The fourth-order valence-electron chi connectivity index (χ4n) is 3.25. The van der Waals surface area contributed by atoms with E-state index in [0.29, 0.717) is 17.2 Å². The Kier molecular flexibility index (Phi) is 6.80. The molecule has 1 aliphatic heterocycles. The second-order valence-corrected chi connectivity index (χ2v) is 11.3. The molecule has 1 aliphatic rings. The molecule has 0 saturated heterocycles. The van der Waals surface area contributed by atoms with Gasteiger partial charge in [0.1, 0.15) is 22.4 Å². The maximum Gasteiger partial charge on any atom is 0.408 e. The summed E-state index contributed by atoms with van der Waals surface area (Å²) in [6, 6.07) is 11.8. The molecular weight excluding hydrogens is 448 g/mol. The standard InChI is InChI=1S/C23H28N2O5S2/c1-14-21(31)24-19-13-16(8-11-20(19)29-14)18(25-22(26)30-23(2,3)4)12-15-6-9-17(10-7-15)32(5,27)28/h6-11,13-14,18H,12H2,1-5H3,(H,24,31)(H,25,26). The van der Waals surface area contributed by atoms with Crippen LogP contribution in [-0.4, -0.2) is 37.5 Å². The lowest BCUT2D eigenvalue weighted by atomic mass is 9.98. The fraction of sp³-hybridized carbons (Fsp3) is 0.391. The Morgan fingerprint density at radius 1 is 1.22 bits per heavy atom. The largest absolute Gasteiger partial charge is 0.481 e. The number of fused-ring (bicyclic) bond motifs is 1. The number of hydrogen-bond acceptors (Lipinski definition) is 6. The number of anilines is 1. The summed E-state index contributed by atoms with van der Waals surface area (Å²) in [7, 11) is -3.28. The lowest BCUT2D eigenvalue weighted by Crippen LogP contribution is -2.36. The molecule has 7 nitrogen and oxygen atoms in total. The van der Waals surface area contributed by atoms with Crippen LogP contribution < -0.4 is 15.4 Å². The predicted octanol–water partition coefficient (Wildman–Crippen LogP) is 4.42. The molecule has 2 aromatic carbocycles. The molecule has 32 heavy (non-hydrogen) atoms. The van der Waals surface area contributed by atoms with Gasteiger partial charge in [-0.3, -0.25) is 0 Å². The number of amides is 1. The molecule has 0 spiro atoms. The monoisotopic (exact) mass is 476 g/mol. The number of thiocarbonyl (C=S) groups is 1. The van der Waals surface area contributed by atoms with Gasteiger partial charge >= 0.3 is 6.09 Å². The van der Waals surface area contributed by atoms with Gasteiger partial charge in [0.05, 0.1) is 16.6 Å². The lowest BCUT2D eigenvalue weighted by Gasteiger charge is -2.28. The Hall–Kier alpha value is -2.65. The molecule has 3 rings (SSSR count). The first kappa shape index (κ1) is 24.0. The SMILES string of the molecule is CC1Oc2ccc(C(Cc3ccc(S(C)(=O)=O)cc3)NC(=O)OC(C)(C)C)cc2NC1=S. The van der Waals surface area contributed by atoms with Crippen molar-refractivity contribution >= 4 is 38.8 Å². The van der Waals surface area contributed by atoms with Crippen molar-refractivity contribution in [1.82, 2.24) is 5.32 Å². The van der Waals surface area contributed by atoms with Crippen molar-refractivity contribution in [1.29, 1.82) is 0 Å². The average molecular weight is 477 g/mol. The Bertz CT molecular complexity index is 1120. The quantitative estimate of drug-likeness (QED) is 0.617. The van der Waals surface area contributed by atoms with Gasteiger partial charge in [-0.15, -0.1) is 0 Å². The van der Waals surface area contributed by atoms with Gasteiger partial charge in [-0.1, -0.05) is 30.4 Å². The maximum absolute atomic E-state index is 12.5. The van der Waals surface area contributed by atoms with Crippen molar-refractivity contribution in [2.45, 2.75) is 56.8 Å². The molecule has 0 bridgehead atoms.